The van der Waals surface area contributed by atoms with E-state index in [9.17, 15) is 19.5 Å². The quantitative estimate of drug-likeness (QED) is 0.0195. The number of likely N-dealkylation sites (N-methyl/N-ethyl adjacent to an activating group) is 1. The summed E-state index contributed by atoms with van der Waals surface area (Å²) in [7, 11) is 5.90. The number of hydrogen-bond donors (Lipinski definition) is 0. The number of allylic oxidation sites excluding steroid dienone is 36. The fourth-order valence-corrected chi connectivity index (χ4v) is 8.81. The first kappa shape index (κ1) is 86.6. The normalized spacial score (nSPS) is 14.0. The van der Waals surface area contributed by atoms with Crippen LogP contribution in [0.5, 0.6) is 0 Å². The van der Waals surface area contributed by atoms with Gasteiger partial charge in [0.2, 0.25) is 0 Å². The highest BCUT2D eigenvalue weighted by molar-refractivity contribution is 5.70. The Balaban J connectivity index is 4.28. The second-order valence-electron chi connectivity index (χ2n) is 24.1. The fraction of sp³-hybridized carbons (Fsp3) is 0.536. The fourth-order valence-electron chi connectivity index (χ4n) is 8.81. The van der Waals surface area contributed by atoms with Gasteiger partial charge in [-0.25, -0.2) is 0 Å². The van der Waals surface area contributed by atoms with Crippen LogP contribution in [0.3, 0.4) is 0 Å². The molecule has 0 radical (unpaired) electrons. The van der Waals surface area contributed by atoms with Gasteiger partial charge in [0.15, 0.2) is 12.4 Å². The highest BCUT2D eigenvalue weighted by Gasteiger charge is 2.22. The largest absolute Gasteiger partial charge is 0.545 e. The Bertz CT molecular complexity index is 2330. The van der Waals surface area contributed by atoms with Crippen molar-refractivity contribution in [2.45, 2.75) is 245 Å². The number of carboxylic acids is 1. The van der Waals surface area contributed by atoms with Gasteiger partial charge in [0.05, 0.1) is 40.3 Å². The molecule has 0 aliphatic heterocycles. The van der Waals surface area contributed by atoms with Crippen molar-refractivity contribution in [3.05, 3.63) is 219 Å². The first-order chi connectivity index (χ1) is 45.6. The smallest absolute Gasteiger partial charge is 0.306 e. The Kier molecular flexibility index (Phi) is 66.5. The Morgan fingerprint density at radius 3 is 0.860 bits per heavy atom. The number of unbranched alkanes of at least 4 members (excludes halogenated alkanes) is 12. The molecule has 9 nitrogen and oxygen atoms in total. The maximum absolute atomic E-state index is 12.9. The van der Waals surface area contributed by atoms with Gasteiger partial charge in [-0.3, -0.25) is 9.59 Å². The number of nitrogens with zero attached hydrogens (tertiary/aromatic N) is 1. The Morgan fingerprint density at radius 2 is 0.581 bits per heavy atom. The van der Waals surface area contributed by atoms with E-state index >= 15 is 0 Å². The summed E-state index contributed by atoms with van der Waals surface area (Å²) in [5, 5.41) is 11.8. The van der Waals surface area contributed by atoms with Crippen LogP contribution in [0.2, 0.25) is 0 Å². The van der Waals surface area contributed by atoms with Gasteiger partial charge in [0, 0.05) is 12.8 Å². The molecule has 2 atom stereocenters. The molecule has 0 rings (SSSR count). The summed E-state index contributed by atoms with van der Waals surface area (Å²) in [4.78, 5) is 37.5. The summed E-state index contributed by atoms with van der Waals surface area (Å²) in [6, 6.07) is 0. The van der Waals surface area contributed by atoms with Crippen LogP contribution in [0.15, 0.2) is 219 Å². The van der Waals surface area contributed by atoms with Gasteiger partial charge in [0.1, 0.15) is 13.2 Å². The second kappa shape index (κ2) is 71.5. The van der Waals surface area contributed by atoms with E-state index in [1.165, 1.54) is 25.7 Å². The lowest BCUT2D eigenvalue weighted by Crippen LogP contribution is -2.44. The molecule has 0 amide bonds. The van der Waals surface area contributed by atoms with E-state index in [1.807, 2.05) is 21.1 Å². The minimum atomic E-state index is -1.65. The molecule has 0 aliphatic carbocycles. The molecule has 93 heavy (non-hydrogen) atoms. The number of carboxylic acid groups (broad SMARTS) is 1. The van der Waals surface area contributed by atoms with Gasteiger partial charge in [0.25, 0.3) is 0 Å². The highest BCUT2D eigenvalue weighted by Crippen LogP contribution is 2.14. The molecule has 518 valence electrons. The zero-order chi connectivity index (χ0) is 67.5. The van der Waals surface area contributed by atoms with Crippen LogP contribution >= 0.6 is 0 Å². The van der Waals surface area contributed by atoms with Gasteiger partial charge < -0.3 is 33.3 Å². The van der Waals surface area contributed by atoms with Crippen LogP contribution in [-0.4, -0.2) is 82.3 Å². The number of quaternary nitrogens is 1. The summed E-state index contributed by atoms with van der Waals surface area (Å²) < 4.78 is 22.7. The molecule has 0 aromatic heterocycles. The molecule has 0 saturated heterocycles. The molecule has 0 bridgehead atoms. The van der Waals surface area contributed by atoms with E-state index < -0.39 is 24.3 Å². The lowest BCUT2D eigenvalue weighted by molar-refractivity contribution is -0.870. The van der Waals surface area contributed by atoms with Crippen LogP contribution < -0.4 is 5.11 Å². The molecule has 0 fully saturated rings. The lowest BCUT2D eigenvalue weighted by atomic mass is 10.1. The van der Waals surface area contributed by atoms with Crippen LogP contribution in [0.4, 0.5) is 0 Å². The maximum atomic E-state index is 12.9. The van der Waals surface area contributed by atoms with Crippen LogP contribution in [0, 0.1) is 0 Å². The third-order valence-electron chi connectivity index (χ3n) is 14.2. The van der Waals surface area contributed by atoms with Crippen molar-refractivity contribution in [1.29, 1.82) is 0 Å². The van der Waals surface area contributed by atoms with Crippen molar-refractivity contribution in [1.82, 2.24) is 0 Å². The topological polar surface area (TPSA) is 111 Å². The number of hydrogen-bond acceptors (Lipinski definition) is 8. The Morgan fingerprint density at radius 1 is 0.323 bits per heavy atom. The highest BCUT2D eigenvalue weighted by atomic mass is 16.7. The SMILES string of the molecule is CC/C=C\C/C=C\C/C=C\C/C=C\C/C=C\C/C=C\C/C=C\C/C=C\C/C=C\C/C=C\C/C=C\C/C=C\CCCCCCC(=O)OC(COC(=O)CCCCCCCCCC/C=C\C/C=C\C/C=C\C/C=C\C/C=C\C/C=C\CC)COC(OCC[N+](C)(C)C)C(=O)[O-]. The number of carbonyl (C=O) groups is 3. The van der Waals surface area contributed by atoms with E-state index in [4.69, 9.17) is 18.9 Å². The van der Waals surface area contributed by atoms with Crippen molar-refractivity contribution in [2.24, 2.45) is 0 Å². The molecule has 0 spiro atoms. The third kappa shape index (κ3) is 72.9. The molecule has 2 unspecified atom stereocenters. The molecular weight excluding hydrogens is 1150 g/mol. The van der Waals surface area contributed by atoms with Crippen LogP contribution in [0.1, 0.15) is 232 Å². The molecule has 0 N–H and O–H groups in total. The summed E-state index contributed by atoms with van der Waals surface area (Å²) in [5.74, 6) is -2.36. The molecule has 0 aliphatic rings. The monoisotopic (exact) mass is 1280 g/mol. The molecular formula is C84H129NO8. The van der Waals surface area contributed by atoms with E-state index in [2.05, 4.69) is 233 Å². The summed E-state index contributed by atoms with van der Waals surface area (Å²) in [5.41, 5.74) is 0. The van der Waals surface area contributed by atoms with Crippen molar-refractivity contribution >= 4 is 17.9 Å². The number of aliphatic carboxylic acids is 1. The predicted molar refractivity (Wildman–Crippen MR) is 397 cm³/mol. The number of ether oxygens (including phenoxy) is 4. The van der Waals surface area contributed by atoms with Crippen LogP contribution in [0.25, 0.3) is 0 Å². The first-order valence-electron chi connectivity index (χ1n) is 35.9. The zero-order valence-electron chi connectivity index (χ0n) is 59.0. The average molecular weight is 1280 g/mol. The standard InChI is InChI=1S/C84H129NO8/c1-6-8-10-12-14-16-18-20-22-24-26-28-30-32-34-35-36-37-38-39-40-41-42-43-44-45-46-47-49-51-53-55-57-59-61-63-65-67-69-71-73-75-82(87)93-80(79-92-84(83(88)89)90-77-76-85(3,4)5)78-91-81(86)74-72-70-68-66-64-62-60-58-56-54-52-50-48-33-31-29-27-25-23-21-19-17-15-13-11-9-7-2/h8-11,14-17,20-23,26-29,32-34,36-37,39-40,42-43,45-46,48-49,51-52,54-55,57,61,63,80,84H,6-7,12-13,18-19,24-25,30-31,35,38,41,44,47,50,53,56,58-60,62,64-79H2,1-5H3/b10-8-,11-9-,16-14-,17-15-,22-20-,23-21-,28-26-,29-27-,34-32-,37-36-,40-39-,43-42-,46-45-,48-33-,51-49-,54-52-,57-55-,63-61-. The molecule has 0 aromatic rings. The van der Waals surface area contributed by atoms with Crippen molar-refractivity contribution in [2.75, 3.05) is 47.5 Å². The van der Waals surface area contributed by atoms with E-state index in [1.54, 1.807) is 0 Å². The molecule has 0 saturated carbocycles. The molecule has 9 heteroatoms. The van der Waals surface area contributed by atoms with Gasteiger partial charge in [-0.15, -0.1) is 0 Å². The van der Waals surface area contributed by atoms with Crippen LogP contribution in [-0.2, 0) is 33.3 Å². The molecule has 0 aromatic carbocycles. The van der Waals surface area contributed by atoms with Crippen molar-refractivity contribution in [3.8, 4) is 0 Å². The zero-order valence-corrected chi connectivity index (χ0v) is 59.0. The number of rotatable bonds is 63. The summed E-state index contributed by atoms with van der Waals surface area (Å²) >= 11 is 0. The van der Waals surface area contributed by atoms with E-state index in [0.29, 0.717) is 23.9 Å². The number of esters is 2. The first-order valence-corrected chi connectivity index (χ1v) is 35.9. The Hall–Kier alpha value is -6.39. The Labute approximate surface area is 568 Å². The third-order valence-corrected chi connectivity index (χ3v) is 14.2. The summed E-state index contributed by atoms with van der Waals surface area (Å²) in [6.45, 7) is 4.45. The summed E-state index contributed by atoms with van der Waals surface area (Å²) in [6.07, 6.45) is 110. The van der Waals surface area contributed by atoms with Gasteiger partial charge >= 0.3 is 11.9 Å². The van der Waals surface area contributed by atoms with Gasteiger partial charge in [-0.1, -0.05) is 284 Å². The average Bonchev–Trinajstić information content (AvgIpc) is 3.38. The van der Waals surface area contributed by atoms with E-state index in [-0.39, 0.29) is 38.6 Å². The second-order valence-corrected chi connectivity index (χ2v) is 24.1. The van der Waals surface area contributed by atoms with Crippen molar-refractivity contribution < 1.29 is 42.9 Å². The lowest BCUT2D eigenvalue weighted by Gasteiger charge is -2.26. The van der Waals surface area contributed by atoms with Gasteiger partial charge in [-0.05, 0) is 154 Å². The number of carbonyl (C=O) groups excluding carboxylic acids is 3. The van der Waals surface area contributed by atoms with E-state index in [0.717, 1.165) is 167 Å². The minimum Gasteiger partial charge on any atom is -0.545 e. The molecule has 0 heterocycles. The van der Waals surface area contributed by atoms with Crippen molar-refractivity contribution in [3.63, 3.8) is 0 Å². The maximum Gasteiger partial charge on any atom is 0.306 e. The predicted octanol–water partition coefficient (Wildman–Crippen LogP) is 21.6. The van der Waals surface area contributed by atoms with Gasteiger partial charge in [-0.2, -0.15) is 0 Å². The minimum absolute atomic E-state index is 0.128.